The van der Waals surface area contributed by atoms with Crippen molar-refractivity contribution in [2.45, 2.75) is 13.5 Å². The Morgan fingerprint density at radius 3 is 2.81 bits per heavy atom. The lowest BCUT2D eigenvalue weighted by molar-refractivity contribution is -0.384. The molecule has 0 bridgehead atoms. The van der Waals surface area contributed by atoms with Gasteiger partial charge in [0.15, 0.2) is 0 Å². The van der Waals surface area contributed by atoms with Crippen LogP contribution in [0.15, 0.2) is 34.1 Å². The van der Waals surface area contributed by atoms with Gasteiger partial charge in [-0.3, -0.25) is 14.9 Å². The zero-order chi connectivity index (χ0) is 15.4. The Morgan fingerprint density at radius 2 is 2.14 bits per heavy atom. The smallest absolute Gasteiger partial charge is 0.271 e. The summed E-state index contributed by atoms with van der Waals surface area (Å²) in [6, 6.07) is 6.36. The Labute approximate surface area is 133 Å². The highest BCUT2D eigenvalue weighted by molar-refractivity contribution is 9.10. The van der Waals surface area contributed by atoms with Crippen LogP contribution in [0.5, 0.6) is 0 Å². The molecular weight excluding hydrogens is 358 g/mol. The summed E-state index contributed by atoms with van der Waals surface area (Å²) in [5, 5.41) is 18.5. The van der Waals surface area contributed by atoms with Gasteiger partial charge < -0.3 is 10.6 Å². The second-order valence-corrected chi connectivity index (χ2v) is 6.07. The Bertz CT molecular complexity index is 687. The van der Waals surface area contributed by atoms with E-state index < -0.39 is 4.92 Å². The molecule has 2 N–H and O–H groups in total. The van der Waals surface area contributed by atoms with E-state index in [0.717, 1.165) is 15.0 Å². The molecule has 1 aromatic heterocycles. The van der Waals surface area contributed by atoms with Crippen LogP contribution in [0.25, 0.3) is 0 Å². The van der Waals surface area contributed by atoms with Crippen molar-refractivity contribution in [3.63, 3.8) is 0 Å². The average Bonchev–Trinajstić information content (AvgIpc) is 2.84. The first-order valence-corrected chi connectivity index (χ1v) is 7.66. The molecule has 1 amide bonds. The summed E-state index contributed by atoms with van der Waals surface area (Å²) in [6.45, 7) is 1.92. The van der Waals surface area contributed by atoms with Gasteiger partial charge in [0.05, 0.1) is 22.8 Å². The number of nitrogens with zero attached hydrogens (tertiary/aromatic N) is 1. The lowest BCUT2D eigenvalue weighted by atomic mass is 10.2. The number of anilines is 2. The SMILES string of the molecule is CC(=O)Nc1ccsc1CNc1cc([N+](=O)[O-])ccc1Br. The first-order chi connectivity index (χ1) is 9.97. The van der Waals surface area contributed by atoms with Gasteiger partial charge in [-0.25, -0.2) is 0 Å². The number of nitro groups is 1. The number of hydrogen-bond donors (Lipinski definition) is 2. The fraction of sp³-hybridized carbons (Fsp3) is 0.154. The topological polar surface area (TPSA) is 84.3 Å². The van der Waals surface area contributed by atoms with Crippen molar-refractivity contribution in [1.82, 2.24) is 0 Å². The van der Waals surface area contributed by atoms with Crippen molar-refractivity contribution in [3.05, 3.63) is 49.1 Å². The first kappa shape index (κ1) is 15.5. The molecular formula is C13H12BrN3O3S. The summed E-state index contributed by atoms with van der Waals surface area (Å²) < 4.78 is 0.741. The van der Waals surface area contributed by atoms with Crippen LogP contribution in [0.2, 0.25) is 0 Å². The van der Waals surface area contributed by atoms with Crippen molar-refractivity contribution < 1.29 is 9.72 Å². The predicted octanol–water partition coefficient (Wildman–Crippen LogP) is 3.99. The van der Waals surface area contributed by atoms with E-state index in [4.69, 9.17) is 0 Å². The standard InChI is InChI=1S/C13H12BrN3O3S/c1-8(18)16-11-4-5-21-13(11)7-15-12-6-9(17(19)20)2-3-10(12)14/h2-6,15H,7H2,1H3,(H,16,18). The van der Waals surface area contributed by atoms with Crippen LogP contribution in [0.4, 0.5) is 17.1 Å². The van der Waals surface area contributed by atoms with E-state index in [9.17, 15) is 14.9 Å². The molecule has 110 valence electrons. The molecule has 0 aliphatic rings. The molecule has 8 heteroatoms. The zero-order valence-corrected chi connectivity index (χ0v) is 13.5. The van der Waals surface area contributed by atoms with Gasteiger partial charge in [0, 0.05) is 28.4 Å². The van der Waals surface area contributed by atoms with Crippen molar-refractivity contribution >= 4 is 50.2 Å². The van der Waals surface area contributed by atoms with Crippen molar-refractivity contribution in [3.8, 4) is 0 Å². The largest absolute Gasteiger partial charge is 0.379 e. The minimum atomic E-state index is -0.439. The first-order valence-electron chi connectivity index (χ1n) is 5.99. The summed E-state index contributed by atoms with van der Waals surface area (Å²) in [5.74, 6) is -0.133. The lowest BCUT2D eigenvalue weighted by Crippen LogP contribution is -2.08. The predicted molar refractivity (Wildman–Crippen MR) is 86.7 cm³/mol. The number of nitrogens with one attached hydrogen (secondary N) is 2. The van der Waals surface area contributed by atoms with E-state index >= 15 is 0 Å². The summed E-state index contributed by atoms with van der Waals surface area (Å²) >= 11 is 4.85. The number of hydrogen-bond acceptors (Lipinski definition) is 5. The quantitative estimate of drug-likeness (QED) is 0.616. The highest BCUT2D eigenvalue weighted by Crippen LogP contribution is 2.29. The molecule has 2 rings (SSSR count). The number of thiophene rings is 1. The summed E-state index contributed by atoms with van der Waals surface area (Å²) in [5.41, 5.74) is 1.40. The number of amides is 1. The fourth-order valence-corrected chi connectivity index (χ4v) is 2.87. The summed E-state index contributed by atoms with van der Waals surface area (Å²) in [6.07, 6.45) is 0. The number of benzene rings is 1. The minimum Gasteiger partial charge on any atom is -0.379 e. The van der Waals surface area contributed by atoms with E-state index in [1.807, 2.05) is 11.4 Å². The van der Waals surface area contributed by atoms with Crippen LogP contribution in [0.3, 0.4) is 0 Å². The van der Waals surface area contributed by atoms with Crippen LogP contribution in [-0.2, 0) is 11.3 Å². The van der Waals surface area contributed by atoms with Crippen molar-refractivity contribution in [2.75, 3.05) is 10.6 Å². The highest BCUT2D eigenvalue weighted by Gasteiger charge is 2.11. The summed E-state index contributed by atoms with van der Waals surface area (Å²) in [4.78, 5) is 22.4. The van der Waals surface area contributed by atoms with E-state index in [2.05, 4.69) is 26.6 Å². The molecule has 0 saturated heterocycles. The molecule has 0 spiro atoms. The molecule has 1 heterocycles. The zero-order valence-electron chi connectivity index (χ0n) is 11.1. The van der Waals surface area contributed by atoms with Gasteiger partial charge in [0.25, 0.3) is 5.69 Å². The Kier molecular flexibility index (Phi) is 4.92. The average molecular weight is 370 g/mol. The third-order valence-electron chi connectivity index (χ3n) is 2.66. The number of non-ortho nitro benzene ring substituents is 1. The van der Waals surface area contributed by atoms with Crippen LogP contribution < -0.4 is 10.6 Å². The van der Waals surface area contributed by atoms with E-state index in [1.165, 1.54) is 30.4 Å². The molecule has 6 nitrogen and oxygen atoms in total. The molecule has 0 aliphatic heterocycles. The van der Waals surface area contributed by atoms with E-state index in [-0.39, 0.29) is 11.6 Å². The van der Waals surface area contributed by atoms with Gasteiger partial charge >= 0.3 is 0 Å². The molecule has 0 unspecified atom stereocenters. The molecule has 0 saturated carbocycles. The highest BCUT2D eigenvalue weighted by atomic mass is 79.9. The molecule has 0 radical (unpaired) electrons. The molecule has 0 fully saturated rings. The third-order valence-corrected chi connectivity index (χ3v) is 4.27. The van der Waals surface area contributed by atoms with Crippen LogP contribution >= 0.6 is 27.3 Å². The molecule has 21 heavy (non-hydrogen) atoms. The van der Waals surface area contributed by atoms with Crippen molar-refractivity contribution in [2.24, 2.45) is 0 Å². The monoisotopic (exact) mass is 369 g/mol. The van der Waals surface area contributed by atoms with Gasteiger partial charge in [-0.15, -0.1) is 11.3 Å². The number of rotatable bonds is 5. The van der Waals surface area contributed by atoms with E-state index in [1.54, 1.807) is 6.07 Å². The van der Waals surface area contributed by atoms with Crippen LogP contribution in [-0.4, -0.2) is 10.8 Å². The van der Waals surface area contributed by atoms with E-state index in [0.29, 0.717) is 12.2 Å². The van der Waals surface area contributed by atoms with Crippen molar-refractivity contribution in [1.29, 1.82) is 0 Å². The normalized spacial score (nSPS) is 10.2. The second kappa shape index (κ2) is 6.68. The van der Waals surface area contributed by atoms with Gasteiger partial charge in [-0.1, -0.05) is 0 Å². The minimum absolute atomic E-state index is 0.0222. The molecule has 2 aromatic rings. The van der Waals surface area contributed by atoms with Crippen LogP contribution in [0.1, 0.15) is 11.8 Å². The van der Waals surface area contributed by atoms with Gasteiger partial charge in [0.2, 0.25) is 5.91 Å². The summed E-state index contributed by atoms with van der Waals surface area (Å²) in [7, 11) is 0. The Balaban J connectivity index is 2.13. The number of nitro benzene ring substituents is 1. The fourth-order valence-electron chi connectivity index (χ4n) is 1.72. The molecule has 0 aliphatic carbocycles. The second-order valence-electron chi connectivity index (χ2n) is 4.21. The maximum atomic E-state index is 11.1. The van der Waals surface area contributed by atoms with Gasteiger partial charge in [-0.05, 0) is 33.4 Å². The van der Waals surface area contributed by atoms with Crippen LogP contribution in [0, 0.1) is 10.1 Å². The number of halogens is 1. The molecule has 0 atom stereocenters. The number of carbonyl (C=O) groups excluding carboxylic acids is 1. The lowest BCUT2D eigenvalue weighted by Gasteiger charge is -2.09. The number of carbonyl (C=O) groups is 1. The Morgan fingerprint density at radius 1 is 1.38 bits per heavy atom. The maximum Gasteiger partial charge on any atom is 0.271 e. The molecule has 1 aromatic carbocycles. The third kappa shape index (κ3) is 4.02. The Hall–Kier alpha value is -1.93. The maximum absolute atomic E-state index is 11.1. The van der Waals surface area contributed by atoms with Gasteiger partial charge in [0.1, 0.15) is 0 Å². The van der Waals surface area contributed by atoms with Gasteiger partial charge in [-0.2, -0.15) is 0 Å².